The van der Waals surface area contributed by atoms with Crippen molar-refractivity contribution in [3.8, 4) is 11.3 Å². The van der Waals surface area contributed by atoms with Crippen molar-refractivity contribution in [1.82, 2.24) is 20.1 Å². The highest BCUT2D eigenvalue weighted by molar-refractivity contribution is 5.78. The Bertz CT molecular complexity index is 820. The van der Waals surface area contributed by atoms with Crippen LogP contribution in [-0.4, -0.2) is 52.4 Å². The number of carbonyl (C=O) groups excluding carboxylic acids is 2. The standard InChI is InChI=1S/C21H26N4O3/c26-19-9-5-12-25(19)17-8-4-11-24(13-10-17)21(27)22-14-18-20(28-15-23-18)16-6-2-1-3-7-16/h1-3,6-7,15,17H,4-5,8-14H2,(H,22,27). The Balaban J connectivity index is 1.32. The molecule has 28 heavy (non-hydrogen) atoms. The Morgan fingerprint density at radius 1 is 1.14 bits per heavy atom. The molecule has 2 fully saturated rings. The van der Waals surface area contributed by atoms with Gasteiger partial charge in [0.2, 0.25) is 5.91 Å². The smallest absolute Gasteiger partial charge is 0.317 e. The van der Waals surface area contributed by atoms with Crippen molar-refractivity contribution in [2.45, 2.75) is 44.7 Å². The summed E-state index contributed by atoms with van der Waals surface area (Å²) in [6.07, 6.45) is 5.77. The molecular weight excluding hydrogens is 356 g/mol. The number of oxazole rings is 1. The van der Waals surface area contributed by atoms with Gasteiger partial charge in [0.05, 0.1) is 6.54 Å². The van der Waals surface area contributed by atoms with Crippen molar-refractivity contribution < 1.29 is 14.0 Å². The third-order valence-corrected chi connectivity index (χ3v) is 5.62. The first-order chi connectivity index (χ1) is 13.7. The van der Waals surface area contributed by atoms with E-state index in [1.54, 1.807) is 0 Å². The molecule has 0 radical (unpaired) electrons. The first-order valence-corrected chi connectivity index (χ1v) is 10.0. The van der Waals surface area contributed by atoms with E-state index >= 15 is 0 Å². The zero-order valence-corrected chi connectivity index (χ0v) is 16.0. The van der Waals surface area contributed by atoms with Crippen molar-refractivity contribution in [1.29, 1.82) is 0 Å². The lowest BCUT2D eigenvalue weighted by atomic mass is 10.1. The molecule has 0 bridgehead atoms. The Kier molecular flexibility index (Phi) is 5.60. The molecule has 1 aromatic carbocycles. The molecule has 2 saturated heterocycles. The average Bonchev–Trinajstić information content (AvgIpc) is 3.29. The molecule has 0 saturated carbocycles. The van der Waals surface area contributed by atoms with E-state index in [1.165, 1.54) is 6.39 Å². The molecule has 7 nitrogen and oxygen atoms in total. The van der Waals surface area contributed by atoms with Crippen molar-refractivity contribution in [2.24, 2.45) is 0 Å². The number of nitrogens with one attached hydrogen (secondary N) is 1. The monoisotopic (exact) mass is 382 g/mol. The summed E-state index contributed by atoms with van der Waals surface area (Å²) >= 11 is 0. The molecule has 0 aliphatic carbocycles. The summed E-state index contributed by atoms with van der Waals surface area (Å²) in [6, 6.07) is 9.94. The number of hydrogen-bond acceptors (Lipinski definition) is 4. The number of rotatable bonds is 4. The maximum Gasteiger partial charge on any atom is 0.317 e. The molecule has 2 aliphatic heterocycles. The number of benzene rings is 1. The predicted octanol–water partition coefficient (Wildman–Crippen LogP) is 3.03. The summed E-state index contributed by atoms with van der Waals surface area (Å²) in [7, 11) is 0. The summed E-state index contributed by atoms with van der Waals surface area (Å²) < 4.78 is 5.52. The van der Waals surface area contributed by atoms with Gasteiger partial charge in [-0.25, -0.2) is 9.78 Å². The van der Waals surface area contributed by atoms with E-state index in [0.29, 0.717) is 31.8 Å². The van der Waals surface area contributed by atoms with Gasteiger partial charge in [0.15, 0.2) is 12.2 Å². The number of nitrogens with zero attached hydrogens (tertiary/aromatic N) is 3. The fraction of sp³-hybridized carbons (Fsp3) is 0.476. The van der Waals surface area contributed by atoms with Crippen LogP contribution < -0.4 is 5.32 Å². The molecular formula is C21H26N4O3. The largest absolute Gasteiger partial charge is 0.443 e. The number of urea groups is 1. The van der Waals surface area contributed by atoms with Gasteiger partial charge in [0, 0.05) is 37.7 Å². The molecule has 1 aromatic heterocycles. The van der Waals surface area contributed by atoms with Crippen LogP contribution in [-0.2, 0) is 11.3 Å². The Hall–Kier alpha value is -2.83. The quantitative estimate of drug-likeness (QED) is 0.882. The fourth-order valence-corrected chi connectivity index (χ4v) is 4.14. The molecule has 1 unspecified atom stereocenters. The number of aromatic nitrogens is 1. The van der Waals surface area contributed by atoms with Gasteiger partial charge in [-0.15, -0.1) is 0 Å². The maximum atomic E-state index is 12.7. The van der Waals surface area contributed by atoms with E-state index in [9.17, 15) is 9.59 Å². The van der Waals surface area contributed by atoms with Crippen LogP contribution in [0.4, 0.5) is 4.79 Å². The minimum atomic E-state index is -0.0876. The van der Waals surface area contributed by atoms with Crippen molar-refractivity contribution in [3.63, 3.8) is 0 Å². The zero-order valence-electron chi connectivity index (χ0n) is 16.0. The Morgan fingerprint density at radius 3 is 2.79 bits per heavy atom. The topological polar surface area (TPSA) is 78.7 Å². The van der Waals surface area contributed by atoms with Crippen molar-refractivity contribution >= 4 is 11.9 Å². The Labute approximate surface area is 164 Å². The van der Waals surface area contributed by atoms with Crippen LogP contribution in [0.3, 0.4) is 0 Å². The molecule has 7 heteroatoms. The van der Waals surface area contributed by atoms with Gasteiger partial charge in [0.25, 0.3) is 0 Å². The summed E-state index contributed by atoms with van der Waals surface area (Å²) in [4.78, 5) is 32.8. The van der Waals surface area contributed by atoms with Gasteiger partial charge in [-0.05, 0) is 25.7 Å². The predicted molar refractivity (Wildman–Crippen MR) is 104 cm³/mol. The number of amides is 3. The molecule has 0 spiro atoms. The first kappa shape index (κ1) is 18.5. The first-order valence-electron chi connectivity index (χ1n) is 10.0. The summed E-state index contributed by atoms with van der Waals surface area (Å²) in [5.74, 6) is 0.951. The maximum absolute atomic E-state index is 12.7. The lowest BCUT2D eigenvalue weighted by molar-refractivity contribution is -0.129. The van der Waals surface area contributed by atoms with Crippen LogP contribution in [0.2, 0.25) is 0 Å². The van der Waals surface area contributed by atoms with Gasteiger partial charge < -0.3 is 19.5 Å². The molecule has 1 N–H and O–H groups in total. The number of hydrogen-bond donors (Lipinski definition) is 1. The van der Waals surface area contributed by atoms with E-state index in [0.717, 1.165) is 43.5 Å². The third kappa shape index (κ3) is 4.03. The molecule has 2 aromatic rings. The second-order valence-electron chi connectivity index (χ2n) is 7.42. The van der Waals surface area contributed by atoms with Gasteiger partial charge in [-0.3, -0.25) is 4.79 Å². The molecule has 3 amide bonds. The molecule has 1 atom stereocenters. The highest BCUT2D eigenvalue weighted by Crippen LogP contribution is 2.24. The Morgan fingerprint density at radius 2 is 2.00 bits per heavy atom. The average molecular weight is 382 g/mol. The second kappa shape index (κ2) is 8.46. The van der Waals surface area contributed by atoms with Gasteiger partial charge >= 0.3 is 6.03 Å². The highest BCUT2D eigenvalue weighted by Gasteiger charge is 2.30. The summed E-state index contributed by atoms with van der Waals surface area (Å²) in [5, 5.41) is 2.97. The van der Waals surface area contributed by atoms with Crippen LogP contribution in [0.15, 0.2) is 41.1 Å². The van der Waals surface area contributed by atoms with Crippen molar-refractivity contribution in [2.75, 3.05) is 19.6 Å². The minimum Gasteiger partial charge on any atom is -0.443 e. The fourth-order valence-electron chi connectivity index (χ4n) is 4.14. The third-order valence-electron chi connectivity index (χ3n) is 5.62. The molecule has 4 rings (SSSR count). The lowest BCUT2D eigenvalue weighted by Gasteiger charge is -2.27. The lowest BCUT2D eigenvalue weighted by Crippen LogP contribution is -2.41. The highest BCUT2D eigenvalue weighted by atomic mass is 16.3. The minimum absolute atomic E-state index is 0.0876. The van der Waals surface area contributed by atoms with Crippen LogP contribution in [0.5, 0.6) is 0 Å². The molecule has 148 valence electrons. The van der Waals surface area contributed by atoms with Crippen LogP contribution in [0.1, 0.15) is 37.8 Å². The zero-order chi connectivity index (χ0) is 19.3. The van der Waals surface area contributed by atoms with E-state index in [1.807, 2.05) is 40.1 Å². The SMILES string of the molecule is O=C(NCc1ncoc1-c1ccccc1)N1CCCC(N2CCCC2=O)CC1. The summed E-state index contributed by atoms with van der Waals surface area (Å²) in [5.41, 5.74) is 1.66. The number of carbonyl (C=O) groups is 2. The molecule has 3 heterocycles. The van der Waals surface area contributed by atoms with E-state index < -0.39 is 0 Å². The van der Waals surface area contributed by atoms with Gasteiger partial charge in [0.1, 0.15) is 5.69 Å². The van der Waals surface area contributed by atoms with Crippen LogP contribution in [0.25, 0.3) is 11.3 Å². The van der Waals surface area contributed by atoms with Crippen molar-refractivity contribution in [3.05, 3.63) is 42.4 Å². The van der Waals surface area contributed by atoms with Crippen LogP contribution >= 0.6 is 0 Å². The number of likely N-dealkylation sites (tertiary alicyclic amines) is 2. The van der Waals surface area contributed by atoms with Gasteiger partial charge in [-0.2, -0.15) is 0 Å². The van der Waals surface area contributed by atoms with E-state index in [2.05, 4.69) is 10.3 Å². The van der Waals surface area contributed by atoms with E-state index in [4.69, 9.17) is 4.42 Å². The second-order valence-corrected chi connectivity index (χ2v) is 7.42. The van der Waals surface area contributed by atoms with Gasteiger partial charge in [-0.1, -0.05) is 30.3 Å². The molecule has 2 aliphatic rings. The van der Waals surface area contributed by atoms with E-state index in [-0.39, 0.29) is 18.0 Å². The van der Waals surface area contributed by atoms with Crippen LogP contribution in [0, 0.1) is 0 Å². The summed E-state index contributed by atoms with van der Waals surface area (Å²) in [6.45, 7) is 2.58. The normalized spacial score (nSPS) is 20.3.